The van der Waals surface area contributed by atoms with Crippen molar-refractivity contribution in [3.8, 4) is 0 Å². The summed E-state index contributed by atoms with van der Waals surface area (Å²) < 4.78 is 4.33. The summed E-state index contributed by atoms with van der Waals surface area (Å²) >= 11 is 0.965. The van der Waals surface area contributed by atoms with Gasteiger partial charge in [-0.1, -0.05) is 5.04 Å². The Morgan fingerprint density at radius 1 is 1.20 bits per heavy atom. The molecular formula is C10H15NO3S. The molecule has 0 radical (unpaired) electrons. The maximum atomic E-state index is 8.00. The Morgan fingerprint density at radius 3 is 2.27 bits per heavy atom. The van der Waals surface area contributed by atoms with Crippen LogP contribution in [0.15, 0.2) is 29.2 Å². The van der Waals surface area contributed by atoms with E-state index in [4.69, 9.17) is 5.26 Å². The Kier molecular flexibility index (Phi) is 5.49. The lowest BCUT2D eigenvalue weighted by Gasteiger charge is -2.20. The number of rotatable bonds is 6. The molecular weight excluding hydrogens is 214 g/mol. The largest absolute Gasteiger partial charge is 0.372 e. The van der Waals surface area contributed by atoms with Gasteiger partial charge >= 0.3 is 0 Å². The third kappa shape index (κ3) is 3.71. The molecule has 1 N–H and O–H groups in total. The van der Waals surface area contributed by atoms with E-state index in [9.17, 15) is 0 Å². The molecule has 0 fully saturated rings. The van der Waals surface area contributed by atoms with Crippen LogP contribution in [0.3, 0.4) is 0 Å². The summed E-state index contributed by atoms with van der Waals surface area (Å²) in [6, 6.07) is 7.85. The first-order chi connectivity index (χ1) is 7.31. The van der Waals surface area contributed by atoms with Gasteiger partial charge in [-0.2, -0.15) is 0 Å². The molecule has 5 heteroatoms. The maximum absolute atomic E-state index is 8.00. The van der Waals surface area contributed by atoms with Crippen molar-refractivity contribution in [2.45, 2.75) is 18.7 Å². The van der Waals surface area contributed by atoms with Gasteiger partial charge in [0.2, 0.25) is 0 Å². The van der Waals surface area contributed by atoms with E-state index in [-0.39, 0.29) is 0 Å². The zero-order chi connectivity index (χ0) is 11.1. The summed E-state index contributed by atoms with van der Waals surface area (Å²) in [4.78, 5) is 3.12. The fourth-order valence-corrected chi connectivity index (χ4v) is 1.71. The van der Waals surface area contributed by atoms with Crippen LogP contribution in [-0.4, -0.2) is 18.3 Å². The van der Waals surface area contributed by atoms with Crippen LogP contribution < -0.4 is 4.90 Å². The van der Waals surface area contributed by atoms with Crippen molar-refractivity contribution in [3.05, 3.63) is 24.3 Å². The van der Waals surface area contributed by atoms with Gasteiger partial charge in [-0.25, -0.2) is 5.26 Å². The van der Waals surface area contributed by atoms with E-state index in [0.717, 1.165) is 30.0 Å². The molecule has 0 saturated heterocycles. The van der Waals surface area contributed by atoms with E-state index in [1.54, 1.807) is 0 Å². The van der Waals surface area contributed by atoms with Crippen molar-refractivity contribution in [1.82, 2.24) is 0 Å². The number of hydrogen-bond acceptors (Lipinski definition) is 5. The monoisotopic (exact) mass is 229 g/mol. The van der Waals surface area contributed by atoms with Gasteiger partial charge < -0.3 is 4.90 Å². The van der Waals surface area contributed by atoms with Gasteiger partial charge in [0, 0.05) is 23.7 Å². The van der Waals surface area contributed by atoms with E-state index >= 15 is 0 Å². The zero-order valence-electron chi connectivity index (χ0n) is 8.84. The van der Waals surface area contributed by atoms with Crippen LogP contribution in [0.4, 0.5) is 5.69 Å². The van der Waals surface area contributed by atoms with Gasteiger partial charge in [-0.3, -0.25) is 0 Å². The summed E-state index contributed by atoms with van der Waals surface area (Å²) in [5.41, 5.74) is 1.18. The molecule has 0 aliphatic rings. The molecule has 0 spiro atoms. The van der Waals surface area contributed by atoms with Crippen LogP contribution in [-0.2, 0) is 9.37 Å². The van der Waals surface area contributed by atoms with E-state index in [1.807, 2.05) is 24.3 Å². The fourth-order valence-electron chi connectivity index (χ4n) is 1.36. The highest BCUT2D eigenvalue weighted by molar-refractivity contribution is 7.94. The van der Waals surface area contributed by atoms with E-state index in [0.29, 0.717) is 0 Å². The summed E-state index contributed by atoms with van der Waals surface area (Å²) in [6.07, 6.45) is 0. The lowest BCUT2D eigenvalue weighted by atomic mass is 10.3. The quantitative estimate of drug-likeness (QED) is 0.461. The van der Waals surface area contributed by atoms with Crippen molar-refractivity contribution in [3.63, 3.8) is 0 Å². The standard InChI is InChI=1S/C10H15NO3S/c1-3-11(4-2)9-5-7-10(8-6-9)15-14-13-12/h5-8,12H,3-4H2,1-2H3. The highest BCUT2D eigenvalue weighted by atomic mass is 32.2. The van der Waals surface area contributed by atoms with Gasteiger partial charge in [-0.05, 0) is 38.1 Å². The molecule has 1 rings (SSSR count). The Hall–Kier alpha value is -0.750. The molecule has 84 valence electrons. The van der Waals surface area contributed by atoms with Crippen molar-refractivity contribution in [2.24, 2.45) is 0 Å². The number of anilines is 1. The number of benzene rings is 1. The van der Waals surface area contributed by atoms with Gasteiger partial charge in [0.05, 0.1) is 12.0 Å². The molecule has 0 aliphatic carbocycles. The molecule has 1 aromatic carbocycles. The molecule has 0 saturated carbocycles. The molecule has 15 heavy (non-hydrogen) atoms. The van der Waals surface area contributed by atoms with Crippen LogP contribution in [0.5, 0.6) is 0 Å². The second-order valence-electron chi connectivity index (χ2n) is 2.89. The molecule has 0 heterocycles. The zero-order valence-corrected chi connectivity index (χ0v) is 9.66. The van der Waals surface area contributed by atoms with E-state index in [1.165, 1.54) is 5.69 Å². The van der Waals surface area contributed by atoms with Crippen LogP contribution in [0.2, 0.25) is 0 Å². The molecule has 0 unspecified atom stereocenters. The lowest BCUT2D eigenvalue weighted by molar-refractivity contribution is -0.432. The van der Waals surface area contributed by atoms with E-state index < -0.39 is 0 Å². The minimum atomic E-state index is 0.875. The minimum Gasteiger partial charge on any atom is -0.372 e. The SMILES string of the molecule is CCN(CC)c1ccc(SOOO)cc1. The number of nitrogens with zero attached hydrogens (tertiary/aromatic N) is 1. The lowest BCUT2D eigenvalue weighted by Crippen LogP contribution is -2.21. The topological polar surface area (TPSA) is 41.9 Å². The van der Waals surface area contributed by atoms with Gasteiger partial charge in [0.15, 0.2) is 0 Å². The van der Waals surface area contributed by atoms with Gasteiger partial charge in [-0.15, -0.1) is 4.33 Å². The second-order valence-corrected chi connectivity index (χ2v) is 3.67. The summed E-state index contributed by atoms with van der Waals surface area (Å²) in [5, 5.41) is 11.5. The van der Waals surface area contributed by atoms with Crippen LogP contribution in [0.1, 0.15) is 13.8 Å². The minimum absolute atomic E-state index is 0.875. The summed E-state index contributed by atoms with van der Waals surface area (Å²) in [5.74, 6) is 0. The van der Waals surface area contributed by atoms with E-state index in [2.05, 4.69) is 28.1 Å². The first-order valence-electron chi connectivity index (χ1n) is 4.81. The molecule has 0 bridgehead atoms. The highest BCUT2D eigenvalue weighted by Gasteiger charge is 2.01. The third-order valence-electron chi connectivity index (χ3n) is 2.13. The summed E-state index contributed by atoms with van der Waals surface area (Å²) in [6.45, 7) is 6.21. The summed E-state index contributed by atoms with van der Waals surface area (Å²) in [7, 11) is 0. The number of hydrogen-bond donors (Lipinski definition) is 1. The first kappa shape index (κ1) is 12.3. The predicted molar refractivity (Wildman–Crippen MR) is 60.7 cm³/mol. The molecule has 4 nitrogen and oxygen atoms in total. The molecule has 0 atom stereocenters. The van der Waals surface area contributed by atoms with Crippen LogP contribution in [0, 0.1) is 0 Å². The Morgan fingerprint density at radius 2 is 1.80 bits per heavy atom. The molecule has 0 amide bonds. The first-order valence-corrected chi connectivity index (χ1v) is 5.55. The Bertz CT molecular complexity index is 275. The molecule has 0 aliphatic heterocycles. The molecule has 1 aromatic rings. The van der Waals surface area contributed by atoms with Crippen LogP contribution in [0.25, 0.3) is 0 Å². The van der Waals surface area contributed by atoms with Crippen molar-refractivity contribution in [1.29, 1.82) is 0 Å². The van der Waals surface area contributed by atoms with Crippen molar-refractivity contribution >= 4 is 17.7 Å². The fraction of sp³-hybridized carbons (Fsp3) is 0.400. The predicted octanol–water partition coefficient (Wildman–Crippen LogP) is 2.96. The highest BCUT2D eigenvalue weighted by Crippen LogP contribution is 2.22. The second kappa shape index (κ2) is 6.68. The maximum Gasteiger partial charge on any atom is 0.0714 e. The van der Waals surface area contributed by atoms with Gasteiger partial charge in [0.25, 0.3) is 0 Å². The Balaban J connectivity index is 2.62. The smallest absolute Gasteiger partial charge is 0.0714 e. The van der Waals surface area contributed by atoms with Crippen molar-refractivity contribution in [2.75, 3.05) is 18.0 Å². The average Bonchev–Trinajstić information content (AvgIpc) is 2.29. The van der Waals surface area contributed by atoms with Gasteiger partial charge in [0.1, 0.15) is 0 Å². The molecule has 0 aromatic heterocycles. The average molecular weight is 229 g/mol. The third-order valence-corrected chi connectivity index (χ3v) is 2.72. The van der Waals surface area contributed by atoms with Crippen molar-refractivity contribution < 1.29 is 14.6 Å². The van der Waals surface area contributed by atoms with Crippen LogP contribution >= 0.6 is 12.0 Å². The Labute approximate surface area is 93.9 Å². The normalized spacial score (nSPS) is 10.3.